The lowest BCUT2D eigenvalue weighted by molar-refractivity contribution is -0.0938. The summed E-state index contributed by atoms with van der Waals surface area (Å²) in [4.78, 5) is 0. The molecule has 25 heavy (non-hydrogen) atoms. The fraction of sp³-hybridized carbons (Fsp3) is 1.00. The van der Waals surface area contributed by atoms with Crippen LogP contribution in [0.3, 0.4) is 0 Å². The van der Waals surface area contributed by atoms with Crippen molar-refractivity contribution in [2.24, 2.45) is 0 Å². The Balaban J connectivity index is 1.91. The van der Waals surface area contributed by atoms with Crippen molar-refractivity contribution in [1.29, 1.82) is 0 Å². The highest BCUT2D eigenvalue weighted by Crippen LogP contribution is 2.21. The highest BCUT2D eigenvalue weighted by molar-refractivity contribution is 4.89. The molecule has 0 saturated carbocycles. The highest BCUT2D eigenvalue weighted by atomic mass is 16.6. The van der Waals surface area contributed by atoms with E-state index in [1.165, 1.54) is 64.2 Å². The summed E-state index contributed by atoms with van der Waals surface area (Å²) in [7, 11) is 0. The molecule has 1 rings (SSSR count). The van der Waals surface area contributed by atoms with E-state index in [0.717, 1.165) is 12.8 Å². The van der Waals surface area contributed by atoms with Gasteiger partial charge in [0.05, 0.1) is 13.2 Å². The maximum atomic E-state index is 9.85. The molecule has 0 bridgehead atoms. The minimum atomic E-state index is -0.996. The van der Waals surface area contributed by atoms with Crippen LogP contribution in [0.15, 0.2) is 0 Å². The van der Waals surface area contributed by atoms with Gasteiger partial charge in [-0.3, -0.25) is 0 Å². The predicted octanol–water partition coefficient (Wildman–Crippen LogP) is 3.19. The van der Waals surface area contributed by atoms with Crippen LogP contribution in [0.25, 0.3) is 0 Å². The van der Waals surface area contributed by atoms with Crippen molar-refractivity contribution < 1.29 is 24.8 Å². The number of aliphatic hydroxyl groups is 3. The molecule has 0 radical (unpaired) electrons. The molecule has 3 N–H and O–H groups in total. The van der Waals surface area contributed by atoms with Crippen molar-refractivity contribution in [3.63, 3.8) is 0 Å². The normalized spacial score (nSPS) is 24.7. The summed E-state index contributed by atoms with van der Waals surface area (Å²) in [6.45, 7) is 2.60. The van der Waals surface area contributed by atoms with E-state index >= 15 is 0 Å². The van der Waals surface area contributed by atoms with E-state index in [0.29, 0.717) is 6.61 Å². The van der Waals surface area contributed by atoms with Gasteiger partial charge in [0.1, 0.15) is 24.4 Å². The van der Waals surface area contributed by atoms with Crippen molar-refractivity contribution in [3.05, 3.63) is 0 Å². The van der Waals surface area contributed by atoms with Crippen LogP contribution in [0.4, 0.5) is 0 Å². The van der Waals surface area contributed by atoms with Gasteiger partial charge in [0.25, 0.3) is 0 Å². The molecule has 0 spiro atoms. The summed E-state index contributed by atoms with van der Waals surface area (Å²) >= 11 is 0. The molecule has 0 aliphatic carbocycles. The van der Waals surface area contributed by atoms with E-state index in [1.807, 2.05) is 0 Å². The molecule has 1 aliphatic heterocycles. The molecule has 5 nitrogen and oxygen atoms in total. The van der Waals surface area contributed by atoms with Gasteiger partial charge in [0.15, 0.2) is 0 Å². The third-order valence-electron chi connectivity index (χ3n) is 5.04. The zero-order valence-corrected chi connectivity index (χ0v) is 16.1. The molecule has 5 heteroatoms. The van der Waals surface area contributed by atoms with Gasteiger partial charge < -0.3 is 24.8 Å². The number of hydrogen-bond donors (Lipinski definition) is 3. The van der Waals surface area contributed by atoms with Crippen LogP contribution >= 0.6 is 0 Å². The molecular formula is C20H40O5. The maximum absolute atomic E-state index is 9.85. The SMILES string of the molecule is CCCCCCCCCCCCCCO[C@@H]1[C@H]([C@H](O)CO)OC[C@@H]1O. The molecule has 0 unspecified atom stereocenters. The Bertz CT molecular complexity index is 300. The fourth-order valence-corrected chi connectivity index (χ4v) is 3.42. The van der Waals surface area contributed by atoms with Crippen molar-refractivity contribution in [2.45, 2.75) is 108 Å². The van der Waals surface area contributed by atoms with Gasteiger partial charge in [-0.15, -0.1) is 0 Å². The zero-order chi connectivity index (χ0) is 18.3. The van der Waals surface area contributed by atoms with Gasteiger partial charge in [0.2, 0.25) is 0 Å². The van der Waals surface area contributed by atoms with Gasteiger partial charge in [-0.05, 0) is 6.42 Å². The molecule has 1 fully saturated rings. The van der Waals surface area contributed by atoms with E-state index in [2.05, 4.69) is 6.92 Å². The molecule has 150 valence electrons. The first kappa shape index (κ1) is 22.8. The van der Waals surface area contributed by atoms with Crippen molar-refractivity contribution in [1.82, 2.24) is 0 Å². The maximum Gasteiger partial charge on any atom is 0.114 e. The Morgan fingerprint density at radius 2 is 1.44 bits per heavy atom. The number of unbranched alkanes of at least 4 members (excludes halogenated alkanes) is 11. The minimum absolute atomic E-state index is 0.158. The van der Waals surface area contributed by atoms with Crippen molar-refractivity contribution in [3.8, 4) is 0 Å². The van der Waals surface area contributed by atoms with E-state index < -0.39 is 24.4 Å². The molecular weight excluding hydrogens is 320 g/mol. The lowest BCUT2D eigenvalue weighted by Crippen LogP contribution is -2.42. The number of hydrogen-bond acceptors (Lipinski definition) is 5. The number of aliphatic hydroxyl groups excluding tert-OH is 3. The van der Waals surface area contributed by atoms with E-state index in [4.69, 9.17) is 14.6 Å². The minimum Gasteiger partial charge on any atom is -0.394 e. The Morgan fingerprint density at radius 1 is 0.920 bits per heavy atom. The van der Waals surface area contributed by atoms with Crippen molar-refractivity contribution in [2.75, 3.05) is 19.8 Å². The average molecular weight is 361 g/mol. The van der Waals surface area contributed by atoms with Crippen LogP contribution < -0.4 is 0 Å². The molecule has 1 heterocycles. The quantitative estimate of drug-likeness (QED) is 0.368. The number of ether oxygens (including phenoxy) is 2. The third kappa shape index (κ3) is 9.90. The summed E-state index contributed by atoms with van der Waals surface area (Å²) in [5.41, 5.74) is 0. The second kappa shape index (κ2) is 14.9. The summed E-state index contributed by atoms with van der Waals surface area (Å²) in [6, 6.07) is 0. The Kier molecular flexibility index (Phi) is 13.6. The second-order valence-corrected chi connectivity index (χ2v) is 7.34. The van der Waals surface area contributed by atoms with Gasteiger partial charge in [0, 0.05) is 6.61 Å². The molecule has 0 aromatic carbocycles. The van der Waals surface area contributed by atoms with E-state index in [-0.39, 0.29) is 13.2 Å². The lowest BCUT2D eigenvalue weighted by Gasteiger charge is -2.23. The standard InChI is InChI=1S/C20H40O5/c1-2-3-4-5-6-7-8-9-10-11-12-13-14-24-20-18(23)16-25-19(20)17(22)15-21/h17-23H,2-16H2,1H3/t17-,18+,19+,20+/m1/s1. The first-order chi connectivity index (χ1) is 12.2. The summed E-state index contributed by atoms with van der Waals surface area (Å²) in [5, 5.41) is 28.6. The van der Waals surface area contributed by atoms with Crippen LogP contribution in [0.2, 0.25) is 0 Å². The third-order valence-corrected chi connectivity index (χ3v) is 5.04. The Labute approximate surface area is 153 Å². The fourth-order valence-electron chi connectivity index (χ4n) is 3.42. The van der Waals surface area contributed by atoms with Crippen LogP contribution in [0.5, 0.6) is 0 Å². The molecule has 0 aromatic rings. The van der Waals surface area contributed by atoms with Crippen LogP contribution in [-0.2, 0) is 9.47 Å². The second-order valence-electron chi connectivity index (χ2n) is 7.34. The summed E-state index contributed by atoms with van der Waals surface area (Å²) < 4.78 is 11.0. The Hall–Kier alpha value is -0.200. The number of rotatable bonds is 16. The largest absolute Gasteiger partial charge is 0.394 e. The van der Waals surface area contributed by atoms with Gasteiger partial charge in [-0.1, -0.05) is 77.6 Å². The molecule has 0 amide bonds. The first-order valence-corrected chi connectivity index (χ1v) is 10.4. The van der Waals surface area contributed by atoms with Gasteiger partial charge in [-0.25, -0.2) is 0 Å². The zero-order valence-electron chi connectivity index (χ0n) is 16.1. The smallest absolute Gasteiger partial charge is 0.114 e. The molecule has 1 aliphatic rings. The first-order valence-electron chi connectivity index (χ1n) is 10.4. The van der Waals surface area contributed by atoms with Crippen LogP contribution in [0.1, 0.15) is 84.0 Å². The molecule has 1 saturated heterocycles. The van der Waals surface area contributed by atoms with E-state index in [1.54, 1.807) is 0 Å². The summed E-state index contributed by atoms with van der Waals surface area (Å²) in [5.74, 6) is 0. The topological polar surface area (TPSA) is 79.2 Å². The van der Waals surface area contributed by atoms with Crippen LogP contribution in [0, 0.1) is 0 Å². The highest BCUT2D eigenvalue weighted by Gasteiger charge is 2.40. The lowest BCUT2D eigenvalue weighted by atomic mass is 10.1. The molecule has 0 aromatic heterocycles. The molecule has 4 atom stereocenters. The van der Waals surface area contributed by atoms with Crippen LogP contribution in [-0.4, -0.2) is 59.6 Å². The predicted molar refractivity (Wildman–Crippen MR) is 99.7 cm³/mol. The average Bonchev–Trinajstić information content (AvgIpc) is 2.99. The van der Waals surface area contributed by atoms with Gasteiger partial charge >= 0.3 is 0 Å². The Morgan fingerprint density at radius 3 is 1.96 bits per heavy atom. The monoisotopic (exact) mass is 360 g/mol. The van der Waals surface area contributed by atoms with E-state index in [9.17, 15) is 10.2 Å². The van der Waals surface area contributed by atoms with Gasteiger partial charge in [-0.2, -0.15) is 0 Å². The summed E-state index contributed by atoms with van der Waals surface area (Å²) in [6.07, 6.45) is 12.7. The van der Waals surface area contributed by atoms with Crippen molar-refractivity contribution >= 4 is 0 Å².